The van der Waals surface area contributed by atoms with Crippen LogP contribution in [0, 0.1) is 16.7 Å². The van der Waals surface area contributed by atoms with Crippen LogP contribution in [0.2, 0.25) is 0 Å². The monoisotopic (exact) mass is 387 g/mol. The number of hydrogen-bond donors (Lipinski definition) is 3. The number of nitrogens with zero attached hydrogens (tertiary/aromatic N) is 2. The molecule has 1 aromatic heterocycles. The predicted octanol–water partition coefficient (Wildman–Crippen LogP) is 3.38. The number of anilines is 3. The van der Waals surface area contributed by atoms with Crippen molar-refractivity contribution in [3.63, 3.8) is 0 Å². The van der Waals surface area contributed by atoms with Gasteiger partial charge >= 0.3 is 0 Å². The van der Waals surface area contributed by atoms with Gasteiger partial charge in [0.2, 0.25) is 5.88 Å². The molecule has 0 fully saturated rings. The number of methoxy groups -OCH3 is 1. The molecule has 0 saturated carbocycles. The van der Waals surface area contributed by atoms with Crippen molar-refractivity contribution in [1.82, 2.24) is 0 Å². The third-order valence-electron chi connectivity index (χ3n) is 4.55. The highest BCUT2D eigenvalue weighted by atomic mass is 16.5. The molecule has 0 spiro atoms. The fourth-order valence-electron chi connectivity index (χ4n) is 3.14. The highest BCUT2D eigenvalue weighted by Crippen LogP contribution is 2.31. The van der Waals surface area contributed by atoms with E-state index >= 15 is 0 Å². The molecule has 29 heavy (non-hydrogen) atoms. The van der Waals surface area contributed by atoms with Crippen molar-refractivity contribution < 1.29 is 13.9 Å². The highest BCUT2D eigenvalue weighted by Gasteiger charge is 2.37. The quantitative estimate of drug-likeness (QED) is 0.632. The van der Waals surface area contributed by atoms with Gasteiger partial charge in [-0.1, -0.05) is 6.07 Å². The molecule has 4 rings (SSSR count). The number of rotatable bonds is 4. The summed E-state index contributed by atoms with van der Waals surface area (Å²) in [5, 5.41) is 23.5. The zero-order valence-electron chi connectivity index (χ0n) is 15.5. The van der Waals surface area contributed by atoms with E-state index in [1.54, 1.807) is 66.6 Å². The number of furan rings is 1. The molecule has 0 saturated heterocycles. The fourth-order valence-corrected chi connectivity index (χ4v) is 3.14. The van der Waals surface area contributed by atoms with Crippen LogP contribution in [0.3, 0.4) is 0 Å². The first-order valence-corrected chi connectivity index (χ1v) is 8.78. The molecule has 1 amide bonds. The third-order valence-corrected chi connectivity index (χ3v) is 4.55. The molecule has 0 aliphatic carbocycles. The first kappa shape index (κ1) is 18.1. The number of carbonyl (C=O) groups excluding carboxylic acids is 1. The number of fused-ring (bicyclic) bond motifs is 1. The molecule has 0 radical (unpaired) electrons. The van der Waals surface area contributed by atoms with E-state index < -0.39 is 12.1 Å². The van der Waals surface area contributed by atoms with E-state index in [1.165, 1.54) is 6.26 Å². The summed E-state index contributed by atoms with van der Waals surface area (Å²) in [5.41, 5.74) is 2.12. The van der Waals surface area contributed by atoms with E-state index in [1.807, 2.05) is 6.07 Å². The van der Waals surface area contributed by atoms with Gasteiger partial charge in [0, 0.05) is 11.4 Å². The second kappa shape index (κ2) is 7.40. The largest absolute Gasteiger partial charge is 0.497 e. The summed E-state index contributed by atoms with van der Waals surface area (Å²) in [6, 6.07) is 17.4. The maximum absolute atomic E-state index is 13.1. The topological polar surface area (TPSA) is 114 Å². The van der Waals surface area contributed by atoms with Gasteiger partial charge in [-0.3, -0.25) is 15.1 Å². The first-order chi connectivity index (χ1) is 14.1. The average molecular weight is 387 g/mol. The van der Waals surface area contributed by atoms with Crippen molar-refractivity contribution in [2.75, 3.05) is 22.6 Å². The molecular formula is C21H17N5O3. The van der Waals surface area contributed by atoms with Crippen molar-refractivity contribution in [2.24, 2.45) is 0 Å². The minimum atomic E-state index is -0.930. The maximum atomic E-state index is 13.1. The van der Waals surface area contributed by atoms with Crippen LogP contribution in [0.25, 0.3) is 0 Å². The number of carbonyl (C=O) groups is 1. The SMILES string of the molecule is COc1ccc(N2C(=N)c3ccoc3NC2C(=O)Nc2cccc(C#N)c2)cc1. The molecule has 144 valence electrons. The van der Waals surface area contributed by atoms with Gasteiger partial charge in [0.25, 0.3) is 5.91 Å². The summed E-state index contributed by atoms with van der Waals surface area (Å²) in [7, 11) is 1.57. The maximum Gasteiger partial charge on any atom is 0.268 e. The second-order valence-corrected chi connectivity index (χ2v) is 6.31. The normalized spacial score (nSPS) is 15.1. The number of nitriles is 1. The van der Waals surface area contributed by atoms with Crippen LogP contribution in [-0.2, 0) is 4.79 Å². The standard InChI is InChI=1S/C21H17N5O3/c1-28-16-7-5-15(6-8-16)26-18(23)17-9-10-29-21(17)25-19(26)20(27)24-14-4-2-3-13(11-14)12-22/h2-11,19,23,25H,1H3,(H,24,27). The Bertz CT molecular complexity index is 1110. The molecule has 3 aromatic rings. The molecule has 1 aliphatic heterocycles. The zero-order chi connectivity index (χ0) is 20.4. The number of amidine groups is 1. The molecule has 1 aliphatic rings. The Balaban J connectivity index is 1.69. The van der Waals surface area contributed by atoms with Crippen LogP contribution >= 0.6 is 0 Å². The number of nitrogens with one attached hydrogen (secondary N) is 3. The van der Waals surface area contributed by atoms with Gasteiger partial charge < -0.3 is 19.8 Å². The van der Waals surface area contributed by atoms with Crippen molar-refractivity contribution in [2.45, 2.75) is 6.17 Å². The van der Waals surface area contributed by atoms with E-state index in [0.29, 0.717) is 34.1 Å². The van der Waals surface area contributed by atoms with Crippen LogP contribution in [0.1, 0.15) is 11.1 Å². The molecule has 2 aromatic carbocycles. The van der Waals surface area contributed by atoms with Gasteiger partial charge in [0.15, 0.2) is 6.17 Å². The van der Waals surface area contributed by atoms with E-state index in [4.69, 9.17) is 19.8 Å². The molecule has 8 nitrogen and oxygen atoms in total. The highest BCUT2D eigenvalue weighted by molar-refractivity contribution is 6.17. The molecular weight excluding hydrogens is 370 g/mol. The van der Waals surface area contributed by atoms with Gasteiger partial charge in [-0.05, 0) is 48.5 Å². The second-order valence-electron chi connectivity index (χ2n) is 6.31. The first-order valence-electron chi connectivity index (χ1n) is 8.78. The summed E-state index contributed by atoms with van der Waals surface area (Å²) >= 11 is 0. The molecule has 8 heteroatoms. The molecule has 2 heterocycles. The lowest BCUT2D eigenvalue weighted by atomic mass is 10.1. The Morgan fingerprint density at radius 2 is 2.07 bits per heavy atom. The minimum Gasteiger partial charge on any atom is -0.497 e. The number of amides is 1. The van der Waals surface area contributed by atoms with Gasteiger partial charge in [-0.25, -0.2) is 0 Å². The lowest BCUT2D eigenvalue weighted by Gasteiger charge is -2.36. The summed E-state index contributed by atoms with van der Waals surface area (Å²) in [5.74, 6) is 0.751. The Morgan fingerprint density at radius 3 is 2.79 bits per heavy atom. The summed E-state index contributed by atoms with van der Waals surface area (Å²) in [6.07, 6.45) is 0.537. The summed E-state index contributed by atoms with van der Waals surface area (Å²) < 4.78 is 10.6. The lowest BCUT2D eigenvalue weighted by molar-refractivity contribution is -0.116. The Kier molecular flexibility index (Phi) is 4.63. The number of hydrogen-bond acceptors (Lipinski definition) is 6. The van der Waals surface area contributed by atoms with E-state index in [0.717, 1.165) is 0 Å². The molecule has 1 atom stereocenters. The van der Waals surface area contributed by atoms with Crippen molar-refractivity contribution in [3.05, 3.63) is 72.0 Å². The average Bonchev–Trinajstić information content (AvgIpc) is 3.23. The van der Waals surface area contributed by atoms with Gasteiger partial charge in [-0.15, -0.1) is 0 Å². The number of benzene rings is 2. The molecule has 3 N–H and O–H groups in total. The van der Waals surface area contributed by atoms with Gasteiger partial charge in [-0.2, -0.15) is 5.26 Å². The fraction of sp³-hybridized carbons (Fsp3) is 0.0952. The minimum absolute atomic E-state index is 0.128. The third kappa shape index (κ3) is 3.37. The lowest BCUT2D eigenvalue weighted by Crippen LogP contribution is -2.55. The van der Waals surface area contributed by atoms with E-state index in [-0.39, 0.29) is 5.84 Å². The van der Waals surface area contributed by atoms with Crippen molar-refractivity contribution >= 4 is 29.0 Å². The van der Waals surface area contributed by atoms with Crippen LogP contribution in [0.15, 0.2) is 65.3 Å². The van der Waals surface area contributed by atoms with E-state index in [9.17, 15) is 4.79 Å². The zero-order valence-corrected chi connectivity index (χ0v) is 15.5. The van der Waals surface area contributed by atoms with Crippen LogP contribution in [0.5, 0.6) is 5.75 Å². The van der Waals surface area contributed by atoms with Gasteiger partial charge in [0.1, 0.15) is 11.6 Å². The Hall–Kier alpha value is -4.25. The predicted molar refractivity (Wildman–Crippen MR) is 108 cm³/mol. The van der Waals surface area contributed by atoms with Crippen LogP contribution in [0.4, 0.5) is 17.3 Å². The molecule has 0 bridgehead atoms. The Labute approximate surface area is 166 Å². The van der Waals surface area contributed by atoms with E-state index in [2.05, 4.69) is 10.6 Å². The van der Waals surface area contributed by atoms with Gasteiger partial charge in [0.05, 0.1) is 30.6 Å². The van der Waals surface area contributed by atoms with Crippen molar-refractivity contribution in [3.8, 4) is 11.8 Å². The summed E-state index contributed by atoms with van der Waals surface area (Å²) in [4.78, 5) is 14.7. The van der Waals surface area contributed by atoms with Crippen LogP contribution in [-0.4, -0.2) is 25.0 Å². The summed E-state index contributed by atoms with van der Waals surface area (Å²) in [6.45, 7) is 0. The smallest absolute Gasteiger partial charge is 0.268 e. The Morgan fingerprint density at radius 1 is 1.28 bits per heavy atom. The number of ether oxygens (including phenoxy) is 1. The molecule has 1 unspecified atom stereocenters. The van der Waals surface area contributed by atoms with Crippen molar-refractivity contribution in [1.29, 1.82) is 10.7 Å². The van der Waals surface area contributed by atoms with Crippen LogP contribution < -0.4 is 20.3 Å².